The van der Waals surface area contributed by atoms with Crippen LogP contribution in [0.5, 0.6) is 0 Å². The first-order chi connectivity index (χ1) is 12.6. The van der Waals surface area contributed by atoms with E-state index in [2.05, 4.69) is 21.2 Å². The number of nitrogens with one attached hydrogen (secondary N) is 1. The number of carboxylic acid groups (broad SMARTS) is 1. The van der Waals surface area contributed by atoms with Gasteiger partial charge in [0.15, 0.2) is 0 Å². The summed E-state index contributed by atoms with van der Waals surface area (Å²) in [5.74, 6) is -1.92. The summed E-state index contributed by atoms with van der Waals surface area (Å²) < 4.78 is 0.635. The number of rotatable bonds is 5. The smallest absolute Gasteiger partial charge is 0.337 e. The summed E-state index contributed by atoms with van der Waals surface area (Å²) in [6.07, 6.45) is 0. The van der Waals surface area contributed by atoms with Crippen LogP contribution in [0.1, 0.15) is 27.4 Å². The van der Waals surface area contributed by atoms with E-state index in [0.717, 1.165) is 11.1 Å². The molecule has 0 saturated heterocycles. The minimum atomic E-state index is -1.10. The van der Waals surface area contributed by atoms with Crippen LogP contribution >= 0.6 is 15.9 Å². The third kappa shape index (κ3) is 4.00. The van der Waals surface area contributed by atoms with Crippen LogP contribution in [0.15, 0.2) is 83.3 Å². The van der Waals surface area contributed by atoms with Gasteiger partial charge in [-0.25, -0.2) is 4.79 Å². The van der Waals surface area contributed by atoms with Crippen molar-refractivity contribution < 1.29 is 14.7 Å². The Bertz CT molecular complexity index is 887. The number of carboxylic acids is 1. The molecular formula is C21H16BrNO3. The molecule has 4 nitrogen and oxygen atoms in total. The van der Waals surface area contributed by atoms with E-state index < -0.39 is 11.9 Å². The summed E-state index contributed by atoms with van der Waals surface area (Å²) in [6.45, 7) is 0. The SMILES string of the molecule is O=C(O)c1cc(Br)ccc1NC(=O)C(c1ccccc1)c1ccccc1. The van der Waals surface area contributed by atoms with E-state index >= 15 is 0 Å². The molecule has 0 bridgehead atoms. The Morgan fingerprint density at radius 2 is 1.38 bits per heavy atom. The molecule has 2 N–H and O–H groups in total. The van der Waals surface area contributed by atoms with Crippen molar-refractivity contribution in [2.24, 2.45) is 0 Å². The number of carbonyl (C=O) groups excluding carboxylic acids is 1. The summed E-state index contributed by atoms with van der Waals surface area (Å²) >= 11 is 3.26. The molecule has 3 aromatic carbocycles. The van der Waals surface area contributed by atoms with E-state index in [1.807, 2.05) is 60.7 Å². The molecule has 26 heavy (non-hydrogen) atoms. The van der Waals surface area contributed by atoms with E-state index in [-0.39, 0.29) is 17.2 Å². The van der Waals surface area contributed by atoms with Gasteiger partial charge >= 0.3 is 5.97 Å². The van der Waals surface area contributed by atoms with Gasteiger partial charge in [-0.15, -0.1) is 0 Å². The minimum absolute atomic E-state index is 0.0348. The van der Waals surface area contributed by atoms with Gasteiger partial charge in [-0.05, 0) is 29.3 Å². The molecule has 0 heterocycles. The zero-order valence-corrected chi connectivity index (χ0v) is 15.3. The van der Waals surface area contributed by atoms with Gasteiger partial charge in [0.1, 0.15) is 0 Å². The predicted octanol–water partition coefficient (Wildman–Crippen LogP) is 4.92. The summed E-state index contributed by atoms with van der Waals surface area (Å²) in [7, 11) is 0. The maximum atomic E-state index is 13.1. The number of amides is 1. The van der Waals surface area contributed by atoms with Gasteiger partial charge in [-0.1, -0.05) is 76.6 Å². The normalized spacial score (nSPS) is 10.5. The lowest BCUT2D eigenvalue weighted by molar-refractivity contribution is -0.116. The maximum Gasteiger partial charge on any atom is 0.337 e. The molecule has 0 fully saturated rings. The predicted molar refractivity (Wildman–Crippen MR) is 104 cm³/mol. The third-order valence-electron chi connectivity index (χ3n) is 4.00. The average molecular weight is 410 g/mol. The maximum absolute atomic E-state index is 13.1. The van der Waals surface area contributed by atoms with Gasteiger partial charge in [0.05, 0.1) is 17.2 Å². The van der Waals surface area contributed by atoms with Crippen LogP contribution in [-0.4, -0.2) is 17.0 Å². The van der Waals surface area contributed by atoms with Crippen LogP contribution in [0.3, 0.4) is 0 Å². The molecule has 0 unspecified atom stereocenters. The molecule has 1 amide bonds. The highest BCUT2D eigenvalue weighted by Gasteiger charge is 2.24. The van der Waals surface area contributed by atoms with Crippen LogP contribution in [0.2, 0.25) is 0 Å². The Labute approximate surface area is 159 Å². The van der Waals surface area contributed by atoms with Crippen LogP contribution in [0.25, 0.3) is 0 Å². The third-order valence-corrected chi connectivity index (χ3v) is 4.49. The first-order valence-corrected chi connectivity index (χ1v) is 8.79. The summed E-state index contributed by atoms with van der Waals surface area (Å²) in [6, 6.07) is 23.6. The quantitative estimate of drug-likeness (QED) is 0.628. The number of halogens is 1. The molecule has 0 aromatic heterocycles. The molecule has 130 valence electrons. The molecular weight excluding hydrogens is 394 g/mol. The fourth-order valence-electron chi connectivity index (χ4n) is 2.79. The van der Waals surface area contributed by atoms with Crippen molar-refractivity contribution in [3.8, 4) is 0 Å². The Hall–Kier alpha value is -2.92. The zero-order valence-electron chi connectivity index (χ0n) is 13.7. The Morgan fingerprint density at radius 1 is 0.846 bits per heavy atom. The average Bonchev–Trinajstić information content (AvgIpc) is 2.65. The fraction of sp³-hybridized carbons (Fsp3) is 0.0476. The lowest BCUT2D eigenvalue weighted by Crippen LogP contribution is -2.23. The number of aromatic carboxylic acids is 1. The summed E-state index contributed by atoms with van der Waals surface area (Å²) in [5.41, 5.74) is 1.98. The second-order valence-corrected chi connectivity index (χ2v) is 6.65. The van der Waals surface area contributed by atoms with Crippen molar-refractivity contribution in [3.05, 3.63) is 100 Å². The van der Waals surface area contributed by atoms with Gasteiger partial charge in [0.2, 0.25) is 5.91 Å². The van der Waals surface area contributed by atoms with Gasteiger partial charge in [0, 0.05) is 4.47 Å². The molecule has 0 saturated carbocycles. The Morgan fingerprint density at radius 3 is 1.88 bits per heavy atom. The van der Waals surface area contributed by atoms with Crippen LogP contribution in [0.4, 0.5) is 5.69 Å². The molecule has 0 aliphatic carbocycles. The van der Waals surface area contributed by atoms with E-state index in [4.69, 9.17) is 0 Å². The lowest BCUT2D eigenvalue weighted by Gasteiger charge is -2.18. The van der Waals surface area contributed by atoms with Gasteiger partial charge in [0.25, 0.3) is 0 Å². The Balaban J connectivity index is 1.99. The van der Waals surface area contributed by atoms with Crippen molar-refractivity contribution >= 4 is 33.5 Å². The highest BCUT2D eigenvalue weighted by Crippen LogP contribution is 2.28. The number of hydrogen-bond acceptors (Lipinski definition) is 2. The highest BCUT2D eigenvalue weighted by molar-refractivity contribution is 9.10. The van der Waals surface area contributed by atoms with Crippen LogP contribution in [0, 0.1) is 0 Å². The highest BCUT2D eigenvalue weighted by atomic mass is 79.9. The standard InChI is InChI=1S/C21H16BrNO3/c22-16-11-12-18(17(13-16)21(25)26)23-20(24)19(14-7-3-1-4-8-14)15-9-5-2-6-10-15/h1-13,19H,(H,23,24)(H,25,26). The molecule has 3 rings (SSSR count). The second kappa shape index (κ2) is 7.97. The van der Waals surface area contributed by atoms with Crippen molar-refractivity contribution in [2.45, 2.75) is 5.92 Å². The Kier molecular flexibility index (Phi) is 5.49. The van der Waals surface area contributed by atoms with Crippen molar-refractivity contribution in [3.63, 3.8) is 0 Å². The molecule has 5 heteroatoms. The van der Waals surface area contributed by atoms with Gasteiger partial charge < -0.3 is 10.4 Å². The number of hydrogen-bond donors (Lipinski definition) is 2. The zero-order chi connectivity index (χ0) is 18.5. The van der Waals surface area contributed by atoms with Crippen molar-refractivity contribution in [1.29, 1.82) is 0 Å². The summed E-state index contributed by atoms with van der Waals surface area (Å²) in [4.78, 5) is 24.6. The van der Waals surface area contributed by atoms with Crippen LogP contribution < -0.4 is 5.32 Å². The van der Waals surface area contributed by atoms with E-state index in [0.29, 0.717) is 4.47 Å². The van der Waals surface area contributed by atoms with Gasteiger partial charge in [-0.3, -0.25) is 4.79 Å². The van der Waals surface area contributed by atoms with E-state index in [1.54, 1.807) is 12.1 Å². The molecule has 0 spiro atoms. The number of carbonyl (C=O) groups is 2. The van der Waals surface area contributed by atoms with Crippen LogP contribution in [-0.2, 0) is 4.79 Å². The second-order valence-electron chi connectivity index (χ2n) is 5.74. The van der Waals surface area contributed by atoms with E-state index in [1.165, 1.54) is 6.07 Å². The largest absolute Gasteiger partial charge is 0.478 e. The first-order valence-electron chi connectivity index (χ1n) is 8.00. The first kappa shape index (κ1) is 17.9. The molecule has 0 aliphatic heterocycles. The molecule has 3 aromatic rings. The van der Waals surface area contributed by atoms with E-state index in [9.17, 15) is 14.7 Å². The summed E-state index contributed by atoms with van der Waals surface area (Å²) in [5, 5.41) is 12.2. The van der Waals surface area contributed by atoms with Gasteiger partial charge in [-0.2, -0.15) is 0 Å². The number of benzene rings is 3. The number of anilines is 1. The lowest BCUT2D eigenvalue weighted by atomic mass is 9.90. The molecule has 0 aliphatic rings. The minimum Gasteiger partial charge on any atom is -0.478 e. The monoisotopic (exact) mass is 409 g/mol. The van der Waals surface area contributed by atoms with Crippen molar-refractivity contribution in [2.75, 3.05) is 5.32 Å². The van der Waals surface area contributed by atoms with Crippen molar-refractivity contribution in [1.82, 2.24) is 0 Å². The fourth-order valence-corrected chi connectivity index (χ4v) is 3.15. The molecule has 0 radical (unpaired) electrons. The topological polar surface area (TPSA) is 66.4 Å². The molecule has 0 atom stereocenters.